The van der Waals surface area contributed by atoms with Crippen molar-refractivity contribution in [3.05, 3.63) is 23.4 Å². The van der Waals surface area contributed by atoms with Crippen molar-refractivity contribution < 1.29 is 4.74 Å². The highest BCUT2D eigenvalue weighted by Crippen LogP contribution is 2.23. The second-order valence-electron chi connectivity index (χ2n) is 5.98. The van der Waals surface area contributed by atoms with Crippen LogP contribution in [0.15, 0.2) is 12.1 Å². The Morgan fingerprint density at radius 3 is 2.81 bits per heavy atom. The van der Waals surface area contributed by atoms with Crippen LogP contribution in [0.25, 0.3) is 0 Å². The topological polar surface area (TPSA) is 40.6 Å². The quantitative estimate of drug-likeness (QED) is 0.896. The van der Waals surface area contributed by atoms with Gasteiger partial charge in [-0.25, -0.2) is 4.98 Å². The molecule has 0 bridgehead atoms. The summed E-state index contributed by atoms with van der Waals surface area (Å²) in [5.74, 6) is 1.13. The molecule has 0 spiro atoms. The third-order valence-electron chi connectivity index (χ3n) is 4.60. The van der Waals surface area contributed by atoms with E-state index in [1.165, 1.54) is 12.0 Å². The molecule has 5 nitrogen and oxygen atoms in total. The van der Waals surface area contributed by atoms with Crippen LogP contribution in [0.5, 0.6) is 0 Å². The van der Waals surface area contributed by atoms with Crippen LogP contribution in [0.1, 0.15) is 17.7 Å². The van der Waals surface area contributed by atoms with Crippen LogP contribution >= 0.6 is 0 Å². The average Bonchev–Trinajstić information content (AvgIpc) is 3.00. The highest BCUT2D eigenvalue weighted by atomic mass is 16.5. The first-order chi connectivity index (χ1) is 10.3. The molecular formula is C16H26N4O. The van der Waals surface area contributed by atoms with Crippen molar-refractivity contribution in [2.45, 2.75) is 25.9 Å². The fourth-order valence-electron chi connectivity index (χ4n) is 3.32. The number of hydrogen-bond acceptors (Lipinski definition) is 5. The zero-order valence-corrected chi connectivity index (χ0v) is 13.1. The molecule has 0 saturated carbocycles. The predicted octanol–water partition coefficient (Wildman–Crippen LogP) is 1.02. The SMILES string of the molecule is CNCc1ccc(N2CCC(N3CCOCC3)C2)nc1C. The molecule has 0 amide bonds. The molecule has 21 heavy (non-hydrogen) atoms. The van der Waals surface area contributed by atoms with Crippen molar-refractivity contribution in [3.63, 3.8) is 0 Å². The highest BCUT2D eigenvalue weighted by molar-refractivity contribution is 5.43. The summed E-state index contributed by atoms with van der Waals surface area (Å²) in [6, 6.07) is 5.03. The van der Waals surface area contributed by atoms with E-state index in [1.807, 2.05) is 7.05 Å². The van der Waals surface area contributed by atoms with Crippen LogP contribution in [0.3, 0.4) is 0 Å². The van der Waals surface area contributed by atoms with E-state index in [9.17, 15) is 0 Å². The summed E-state index contributed by atoms with van der Waals surface area (Å²) < 4.78 is 5.45. The Morgan fingerprint density at radius 2 is 2.10 bits per heavy atom. The van der Waals surface area contributed by atoms with Gasteiger partial charge in [0.2, 0.25) is 0 Å². The standard InChI is InChI=1S/C16H26N4O/c1-13-14(11-17-2)3-4-16(18-13)20-6-5-15(12-20)19-7-9-21-10-8-19/h3-4,15,17H,5-12H2,1-2H3. The second kappa shape index (κ2) is 6.73. The van der Waals surface area contributed by atoms with Gasteiger partial charge in [-0.3, -0.25) is 4.90 Å². The Morgan fingerprint density at radius 1 is 1.29 bits per heavy atom. The van der Waals surface area contributed by atoms with Crippen LogP contribution in [-0.4, -0.2) is 62.4 Å². The van der Waals surface area contributed by atoms with Crippen LogP contribution in [0, 0.1) is 6.92 Å². The van der Waals surface area contributed by atoms with Crippen molar-refractivity contribution in [2.24, 2.45) is 0 Å². The summed E-state index contributed by atoms with van der Waals surface area (Å²) in [7, 11) is 1.97. The van der Waals surface area contributed by atoms with Gasteiger partial charge in [0.25, 0.3) is 0 Å². The van der Waals surface area contributed by atoms with Gasteiger partial charge in [-0.1, -0.05) is 6.07 Å². The molecule has 0 aromatic carbocycles. The van der Waals surface area contributed by atoms with Crippen molar-refractivity contribution in [3.8, 4) is 0 Å². The fourth-order valence-corrected chi connectivity index (χ4v) is 3.32. The number of rotatable bonds is 4. The lowest BCUT2D eigenvalue weighted by Crippen LogP contribution is -2.44. The number of aryl methyl sites for hydroxylation is 1. The molecule has 3 rings (SSSR count). The number of nitrogens with one attached hydrogen (secondary N) is 1. The summed E-state index contributed by atoms with van der Waals surface area (Å²) >= 11 is 0. The molecule has 1 atom stereocenters. The van der Waals surface area contributed by atoms with E-state index in [0.717, 1.165) is 57.4 Å². The number of nitrogens with zero attached hydrogens (tertiary/aromatic N) is 3. The van der Waals surface area contributed by atoms with E-state index in [-0.39, 0.29) is 0 Å². The monoisotopic (exact) mass is 290 g/mol. The zero-order valence-electron chi connectivity index (χ0n) is 13.1. The molecule has 2 saturated heterocycles. The fraction of sp³-hybridized carbons (Fsp3) is 0.688. The molecule has 0 radical (unpaired) electrons. The van der Waals surface area contributed by atoms with Gasteiger partial charge in [0.05, 0.1) is 13.2 Å². The maximum absolute atomic E-state index is 5.45. The molecule has 1 aromatic rings. The van der Waals surface area contributed by atoms with Crippen LogP contribution in [-0.2, 0) is 11.3 Å². The Balaban J connectivity index is 1.64. The van der Waals surface area contributed by atoms with E-state index in [2.05, 4.69) is 34.2 Å². The van der Waals surface area contributed by atoms with E-state index < -0.39 is 0 Å². The first kappa shape index (κ1) is 14.8. The number of morpholine rings is 1. The number of anilines is 1. The van der Waals surface area contributed by atoms with Gasteiger partial charge in [-0.05, 0) is 32.0 Å². The lowest BCUT2D eigenvalue weighted by Gasteiger charge is -2.32. The number of ether oxygens (including phenoxy) is 1. The minimum absolute atomic E-state index is 0.660. The third-order valence-corrected chi connectivity index (χ3v) is 4.60. The molecule has 1 unspecified atom stereocenters. The normalized spacial score (nSPS) is 23.7. The number of hydrogen-bond donors (Lipinski definition) is 1. The lowest BCUT2D eigenvalue weighted by molar-refractivity contribution is 0.0209. The average molecular weight is 290 g/mol. The smallest absolute Gasteiger partial charge is 0.128 e. The van der Waals surface area contributed by atoms with Gasteiger partial charge in [0.1, 0.15) is 5.82 Å². The molecule has 2 aliphatic heterocycles. The Kier molecular flexibility index (Phi) is 4.73. The molecule has 2 fully saturated rings. The molecule has 116 valence electrons. The van der Waals surface area contributed by atoms with Gasteiger partial charge in [-0.2, -0.15) is 0 Å². The van der Waals surface area contributed by atoms with Gasteiger partial charge in [-0.15, -0.1) is 0 Å². The molecule has 0 aliphatic carbocycles. The Bertz CT molecular complexity index is 473. The third kappa shape index (κ3) is 3.36. The van der Waals surface area contributed by atoms with Crippen LogP contribution in [0.4, 0.5) is 5.82 Å². The van der Waals surface area contributed by atoms with Crippen LogP contribution < -0.4 is 10.2 Å². The Labute approximate surface area is 127 Å². The number of aromatic nitrogens is 1. The first-order valence-electron chi connectivity index (χ1n) is 7.96. The molecule has 2 aliphatic rings. The summed E-state index contributed by atoms with van der Waals surface area (Å²) in [5.41, 5.74) is 2.42. The van der Waals surface area contributed by atoms with Gasteiger partial charge < -0.3 is 15.0 Å². The Hall–Kier alpha value is -1.17. The summed E-state index contributed by atoms with van der Waals surface area (Å²) in [6.45, 7) is 9.11. The van der Waals surface area contributed by atoms with E-state index in [0.29, 0.717) is 6.04 Å². The van der Waals surface area contributed by atoms with Crippen molar-refractivity contribution >= 4 is 5.82 Å². The number of pyridine rings is 1. The largest absolute Gasteiger partial charge is 0.379 e. The first-order valence-corrected chi connectivity index (χ1v) is 7.96. The lowest BCUT2D eigenvalue weighted by atomic mass is 10.2. The van der Waals surface area contributed by atoms with Gasteiger partial charge in [0, 0.05) is 44.5 Å². The van der Waals surface area contributed by atoms with Crippen molar-refractivity contribution in [1.82, 2.24) is 15.2 Å². The zero-order chi connectivity index (χ0) is 14.7. The minimum Gasteiger partial charge on any atom is -0.379 e. The predicted molar refractivity (Wildman–Crippen MR) is 84.7 cm³/mol. The van der Waals surface area contributed by atoms with Gasteiger partial charge in [0.15, 0.2) is 0 Å². The highest BCUT2D eigenvalue weighted by Gasteiger charge is 2.29. The van der Waals surface area contributed by atoms with Gasteiger partial charge >= 0.3 is 0 Å². The maximum atomic E-state index is 5.45. The van der Waals surface area contributed by atoms with Crippen molar-refractivity contribution in [2.75, 3.05) is 51.3 Å². The summed E-state index contributed by atoms with van der Waals surface area (Å²) in [6.07, 6.45) is 1.24. The molecule has 1 N–H and O–H groups in total. The molecule has 1 aromatic heterocycles. The van der Waals surface area contributed by atoms with Crippen LogP contribution in [0.2, 0.25) is 0 Å². The molecule has 3 heterocycles. The molecule has 5 heteroatoms. The van der Waals surface area contributed by atoms with E-state index in [1.54, 1.807) is 0 Å². The molecular weight excluding hydrogens is 264 g/mol. The second-order valence-corrected chi connectivity index (χ2v) is 5.98. The summed E-state index contributed by atoms with van der Waals surface area (Å²) in [4.78, 5) is 9.80. The van der Waals surface area contributed by atoms with E-state index >= 15 is 0 Å². The van der Waals surface area contributed by atoms with E-state index in [4.69, 9.17) is 9.72 Å². The summed E-state index contributed by atoms with van der Waals surface area (Å²) in [5, 5.41) is 3.19. The van der Waals surface area contributed by atoms with Crippen molar-refractivity contribution in [1.29, 1.82) is 0 Å². The maximum Gasteiger partial charge on any atom is 0.128 e. The minimum atomic E-state index is 0.660.